The van der Waals surface area contributed by atoms with Crippen LogP contribution in [0.25, 0.3) is 22.8 Å². The molecule has 0 saturated carbocycles. The van der Waals surface area contributed by atoms with Gasteiger partial charge in [0.05, 0.1) is 10.0 Å². The van der Waals surface area contributed by atoms with E-state index in [9.17, 15) is 0 Å². The Morgan fingerprint density at radius 1 is 0.789 bits per heavy atom. The lowest BCUT2D eigenvalue weighted by Gasteiger charge is -1.99. The van der Waals surface area contributed by atoms with Crippen molar-refractivity contribution in [1.29, 1.82) is 0 Å². The third-order valence-corrected chi connectivity index (χ3v) is 3.39. The Balaban J connectivity index is 2.06. The number of nitrogens with zero attached hydrogens (tertiary/aromatic N) is 2. The molecule has 0 radical (unpaired) electrons. The van der Waals surface area contributed by atoms with Crippen molar-refractivity contribution in [2.45, 2.75) is 0 Å². The van der Waals surface area contributed by atoms with E-state index in [-0.39, 0.29) is 0 Å². The van der Waals surface area contributed by atoms with Gasteiger partial charge in [-0.2, -0.15) is 5.10 Å². The quantitative estimate of drug-likeness (QED) is 0.757. The molecule has 1 aromatic heterocycles. The second-order valence-electron chi connectivity index (χ2n) is 3.97. The Kier molecular flexibility index (Phi) is 3.23. The van der Waals surface area contributed by atoms with Crippen LogP contribution in [-0.2, 0) is 0 Å². The summed E-state index contributed by atoms with van der Waals surface area (Å²) in [5.74, 6) is 1.18. The summed E-state index contributed by atoms with van der Waals surface area (Å²) in [7, 11) is 0. The summed E-state index contributed by atoms with van der Waals surface area (Å²) in [6.07, 6.45) is 0. The molecule has 0 aliphatic heterocycles. The second kappa shape index (κ2) is 5.03. The highest BCUT2D eigenvalue weighted by Gasteiger charge is 2.11. The molecule has 0 fully saturated rings. The first-order valence-corrected chi connectivity index (χ1v) is 6.43. The fourth-order valence-electron chi connectivity index (χ4n) is 1.80. The number of benzene rings is 2. The van der Waals surface area contributed by atoms with Crippen molar-refractivity contribution in [3.8, 4) is 22.8 Å². The van der Waals surface area contributed by atoms with Crippen molar-refractivity contribution in [2.24, 2.45) is 0 Å². The van der Waals surface area contributed by atoms with E-state index >= 15 is 0 Å². The largest absolute Gasteiger partial charge is 0.259 e. The zero-order valence-corrected chi connectivity index (χ0v) is 11.3. The van der Waals surface area contributed by atoms with E-state index in [0.717, 1.165) is 11.1 Å². The molecule has 1 heterocycles. The monoisotopic (exact) mass is 289 g/mol. The fraction of sp³-hybridized carbons (Fsp3) is 0. The molecular formula is C14H9Cl2N3. The van der Waals surface area contributed by atoms with E-state index in [4.69, 9.17) is 23.2 Å². The molecule has 3 aromatic rings. The molecule has 0 aliphatic rings. The summed E-state index contributed by atoms with van der Waals surface area (Å²) in [6, 6.07) is 14.9. The SMILES string of the molecule is Clc1ccccc1-c1n[nH]c(-c2ccccc2Cl)n1. The Morgan fingerprint density at radius 3 is 2.00 bits per heavy atom. The minimum atomic E-state index is 0.556. The highest BCUT2D eigenvalue weighted by atomic mass is 35.5. The second-order valence-corrected chi connectivity index (χ2v) is 4.78. The van der Waals surface area contributed by atoms with Crippen molar-refractivity contribution in [3.05, 3.63) is 58.6 Å². The average Bonchev–Trinajstić information content (AvgIpc) is 2.89. The first kappa shape index (κ1) is 12.2. The van der Waals surface area contributed by atoms with Crippen molar-refractivity contribution < 1.29 is 0 Å². The average molecular weight is 290 g/mol. The predicted octanol–water partition coefficient (Wildman–Crippen LogP) is 4.45. The summed E-state index contributed by atoms with van der Waals surface area (Å²) in [5, 5.41) is 8.32. The van der Waals surface area contributed by atoms with Gasteiger partial charge in [-0.25, -0.2) is 4.98 Å². The third kappa shape index (κ3) is 2.35. The minimum absolute atomic E-state index is 0.556. The molecule has 1 N–H and O–H groups in total. The molecule has 0 spiro atoms. The normalized spacial score (nSPS) is 10.6. The van der Waals surface area contributed by atoms with Gasteiger partial charge in [0.15, 0.2) is 11.6 Å². The lowest BCUT2D eigenvalue weighted by molar-refractivity contribution is 1.10. The molecule has 0 aliphatic carbocycles. The fourth-order valence-corrected chi connectivity index (χ4v) is 2.24. The van der Waals surface area contributed by atoms with E-state index in [2.05, 4.69) is 15.2 Å². The van der Waals surface area contributed by atoms with Crippen LogP contribution in [0.1, 0.15) is 0 Å². The van der Waals surface area contributed by atoms with E-state index in [1.54, 1.807) is 0 Å². The van der Waals surface area contributed by atoms with Gasteiger partial charge in [0, 0.05) is 11.1 Å². The molecular weight excluding hydrogens is 281 g/mol. The highest BCUT2D eigenvalue weighted by Crippen LogP contribution is 2.28. The Labute approximate surface area is 120 Å². The number of hydrogen-bond acceptors (Lipinski definition) is 2. The molecule has 0 amide bonds. The molecule has 2 aromatic carbocycles. The number of H-pyrrole nitrogens is 1. The van der Waals surface area contributed by atoms with Gasteiger partial charge in [0.2, 0.25) is 0 Å². The van der Waals surface area contributed by atoms with Crippen LogP contribution in [0.3, 0.4) is 0 Å². The number of rotatable bonds is 2. The van der Waals surface area contributed by atoms with Gasteiger partial charge in [-0.05, 0) is 24.3 Å². The van der Waals surface area contributed by atoms with Crippen LogP contribution in [-0.4, -0.2) is 15.2 Å². The lowest BCUT2D eigenvalue weighted by Crippen LogP contribution is -1.83. The summed E-state index contributed by atoms with van der Waals surface area (Å²) < 4.78 is 0. The van der Waals surface area contributed by atoms with E-state index < -0.39 is 0 Å². The van der Waals surface area contributed by atoms with Crippen LogP contribution >= 0.6 is 23.2 Å². The minimum Gasteiger partial charge on any atom is -0.259 e. The van der Waals surface area contributed by atoms with Crippen molar-refractivity contribution in [3.63, 3.8) is 0 Å². The summed E-state index contributed by atoms with van der Waals surface area (Å²) in [5.41, 5.74) is 1.61. The number of nitrogens with one attached hydrogen (secondary N) is 1. The third-order valence-electron chi connectivity index (χ3n) is 2.73. The van der Waals surface area contributed by atoms with Crippen LogP contribution in [0.2, 0.25) is 10.0 Å². The molecule has 94 valence electrons. The maximum absolute atomic E-state index is 6.13. The van der Waals surface area contributed by atoms with E-state index in [1.807, 2.05) is 48.5 Å². The highest BCUT2D eigenvalue weighted by molar-refractivity contribution is 6.33. The number of hydrogen-bond donors (Lipinski definition) is 1. The van der Waals surface area contributed by atoms with Crippen LogP contribution in [0.4, 0.5) is 0 Å². The predicted molar refractivity (Wildman–Crippen MR) is 77.3 cm³/mol. The van der Waals surface area contributed by atoms with Gasteiger partial charge in [0.1, 0.15) is 0 Å². The smallest absolute Gasteiger partial charge is 0.182 e. The van der Waals surface area contributed by atoms with Crippen LogP contribution in [0.5, 0.6) is 0 Å². The maximum atomic E-state index is 6.13. The molecule has 0 saturated heterocycles. The number of aromatic amines is 1. The molecule has 19 heavy (non-hydrogen) atoms. The van der Waals surface area contributed by atoms with Crippen molar-refractivity contribution in [2.75, 3.05) is 0 Å². The Bertz CT molecular complexity index is 662. The maximum Gasteiger partial charge on any atom is 0.182 e. The van der Waals surface area contributed by atoms with Crippen molar-refractivity contribution in [1.82, 2.24) is 15.2 Å². The van der Waals surface area contributed by atoms with Crippen LogP contribution in [0, 0.1) is 0 Å². The Morgan fingerprint density at radius 2 is 1.37 bits per heavy atom. The van der Waals surface area contributed by atoms with Gasteiger partial charge in [-0.1, -0.05) is 47.5 Å². The molecule has 5 heteroatoms. The Hall–Kier alpha value is -1.84. The number of halogens is 2. The zero-order valence-electron chi connectivity index (χ0n) is 9.77. The molecule has 3 nitrogen and oxygen atoms in total. The van der Waals surface area contributed by atoms with E-state index in [0.29, 0.717) is 21.7 Å². The summed E-state index contributed by atoms with van der Waals surface area (Å²) in [6.45, 7) is 0. The first-order valence-electron chi connectivity index (χ1n) is 5.68. The lowest BCUT2D eigenvalue weighted by atomic mass is 10.2. The molecule has 0 bridgehead atoms. The van der Waals surface area contributed by atoms with Crippen molar-refractivity contribution >= 4 is 23.2 Å². The standard InChI is InChI=1S/C14H9Cl2N3/c15-11-7-3-1-5-9(11)13-17-14(19-18-13)10-6-2-4-8-12(10)16/h1-8H,(H,17,18,19). The molecule has 0 atom stereocenters. The topological polar surface area (TPSA) is 41.6 Å². The zero-order chi connectivity index (χ0) is 13.2. The van der Waals surface area contributed by atoms with Gasteiger partial charge in [-0.15, -0.1) is 0 Å². The number of aromatic nitrogens is 3. The van der Waals surface area contributed by atoms with Gasteiger partial charge in [-0.3, -0.25) is 5.10 Å². The molecule has 0 unspecified atom stereocenters. The van der Waals surface area contributed by atoms with Gasteiger partial charge >= 0.3 is 0 Å². The van der Waals surface area contributed by atoms with Crippen LogP contribution < -0.4 is 0 Å². The first-order chi connectivity index (χ1) is 9.25. The summed E-state index contributed by atoms with van der Waals surface area (Å²) in [4.78, 5) is 4.44. The van der Waals surface area contributed by atoms with Gasteiger partial charge < -0.3 is 0 Å². The summed E-state index contributed by atoms with van der Waals surface area (Å²) >= 11 is 12.3. The van der Waals surface area contributed by atoms with Crippen LogP contribution in [0.15, 0.2) is 48.5 Å². The molecule has 3 rings (SSSR count). The van der Waals surface area contributed by atoms with Gasteiger partial charge in [0.25, 0.3) is 0 Å². The van der Waals surface area contributed by atoms with E-state index in [1.165, 1.54) is 0 Å².